The van der Waals surface area contributed by atoms with Crippen LogP contribution in [0.15, 0.2) is 84.4 Å². The first-order valence-electron chi connectivity index (χ1n) is 8.88. The summed E-state index contributed by atoms with van der Waals surface area (Å²) >= 11 is 6.03. The van der Waals surface area contributed by atoms with Gasteiger partial charge >= 0.3 is 0 Å². The van der Waals surface area contributed by atoms with Crippen LogP contribution in [-0.2, 0) is 9.59 Å². The zero-order valence-corrected chi connectivity index (χ0v) is 15.9. The number of phenolic OH excluding ortho intramolecular Hbond substituents is 1. The van der Waals surface area contributed by atoms with Crippen molar-refractivity contribution in [3.8, 4) is 5.75 Å². The highest BCUT2D eigenvalue weighted by Gasteiger charge is 2.47. The van der Waals surface area contributed by atoms with Gasteiger partial charge in [0.25, 0.3) is 11.7 Å². The fraction of sp³-hybridized carbons (Fsp3) is 0.0435. The van der Waals surface area contributed by atoms with Crippen molar-refractivity contribution in [2.24, 2.45) is 0 Å². The highest BCUT2D eigenvalue weighted by molar-refractivity contribution is 6.51. The number of aromatic hydroxyl groups is 1. The van der Waals surface area contributed by atoms with Crippen molar-refractivity contribution in [2.75, 3.05) is 4.90 Å². The Morgan fingerprint density at radius 1 is 0.897 bits per heavy atom. The lowest BCUT2D eigenvalue weighted by molar-refractivity contribution is -0.132. The number of carbonyl (C=O) groups is 2. The summed E-state index contributed by atoms with van der Waals surface area (Å²) < 4.78 is 0. The minimum Gasteiger partial charge on any atom is -0.508 e. The maximum atomic E-state index is 13.0. The number of rotatable bonds is 3. The molecular formula is C23H16ClNO4. The standard InChI is InChI=1S/C23H16ClNO4/c24-16-8-4-7-15(12-16)21(27)19-20(14-6-5-11-18(26)13-14)25(23(29)22(19)28)17-9-2-1-3-10-17/h1-13,20,26-27H/b21-19-. The number of para-hydroxylation sites is 1. The Balaban J connectivity index is 1.97. The Kier molecular flexibility index (Phi) is 4.82. The summed E-state index contributed by atoms with van der Waals surface area (Å²) in [7, 11) is 0. The van der Waals surface area contributed by atoms with Crippen molar-refractivity contribution >= 4 is 34.7 Å². The van der Waals surface area contributed by atoms with Crippen LogP contribution in [0.1, 0.15) is 17.2 Å². The number of nitrogens with zero attached hydrogens (tertiary/aromatic N) is 1. The number of benzene rings is 3. The number of aliphatic hydroxyl groups is 1. The molecule has 1 unspecified atom stereocenters. The number of phenols is 1. The molecule has 1 heterocycles. The molecule has 1 fully saturated rings. The molecule has 0 spiro atoms. The number of anilines is 1. The van der Waals surface area contributed by atoms with Crippen LogP contribution >= 0.6 is 11.6 Å². The lowest BCUT2D eigenvalue weighted by Gasteiger charge is -2.25. The Morgan fingerprint density at radius 3 is 2.31 bits per heavy atom. The molecule has 1 saturated heterocycles. The number of ketones is 1. The van der Waals surface area contributed by atoms with Gasteiger partial charge in [-0.05, 0) is 42.0 Å². The van der Waals surface area contributed by atoms with E-state index in [1.54, 1.807) is 60.7 Å². The molecule has 1 aliphatic heterocycles. The Hall–Kier alpha value is -3.57. The van der Waals surface area contributed by atoms with Gasteiger partial charge in [0.2, 0.25) is 0 Å². The van der Waals surface area contributed by atoms with Crippen LogP contribution < -0.4 is 4.90 Å². The van der Waals surface area contributed by atoms with Crippen LogP contribution in [0.3, 0.4) is 0 Å². The van der Waals surface area contributed by atoms with E-state index in [-0.39, 0.29) is 17.1 Å². The Morgan fingerprint density at radius 2 is 1.62 bits per heavy atom. The minimum atomic E-state index is -0.900. The van der Waals surface area contributed by atoms with E-state index < -0.39 is 17.7 Å². The number of carbonyl (C=O) groups excluding carboxylic acids is 2. The van der Waals surface area contributed by atoms with Crippen molar-refractivity contribution in [2.45, 2.75) is 6.04 Å². The highest BCUT2D eigenvalue weighted by atomic mass is 35.5. The predicted octanol–water partition coefficient (Wildman–Crippen LogP) is 4.67. The van der Waals surface area contributed by atoms with E-state index in [2.05, 4.69) is 0 Å². The summed E-state index contributed by atoms with van der Waals surface area (Å²) in [6.07, 6.45) is 0. The van der Waals surface area contributed by atoms with E-state index in [4.69, 9.17) is 11.6 Å². The number of aliphatic hydroxyl groups excluding tert-OH is 1. The molecule has 1 atom stereocenters. The summed E-state index contributed by atoms with van der Waals surface area (Å²) in [4.78, 5) is 27.2. The molecule has 0 saturated carbocycles. The first-order chi connectivity index (χ1) is 14.0. The maximum Gasteiger partial charge on any atom is 0.300 e. The largest absolute Gasteiger partial charge is 0.508 e. The van der Waals surface area contributed by atoms with E-state index >= 15 is 0 Å². The van der Waals surface area contributed by atoms with Crippen LogP contribution in [0.2, 0.25) is 5.02 Å². The number of Topliss-reactive ketones (excluding diaryl/α,β-unsaturated/α-hetero) is 1. The molecule has 1 aliphatic rings. The molecule has 3 aromatic rings. The number of hydrogen-bond acceptors (Lipinski definition) is 4. The Bertz CT molecular complexity index is 1140. The molecule has 3 aromatic carbocycles. The van der Waals surface area contributed by atoms with Gasteiger partial charge in [-0.2, -0.15) is 0 Å². The summed E-state index contributed by atoms with van der Waals surface area (Å²) in [5.41, 5.74) is 1.27. The quantitative estimate of drug-likeness (QED) is 0.377. The van der Waals surface area contributed by atoms with Crippen LogP contribution in [-0.4, -0.2) is 21.9 Å². The second-order valence-corrected chi connectivity index (χ2v) is 7.05. The van der Waals surface area contributed by atoms with Crippen molar-refractivity contribution in [1.29, 1.82) is 0 Å². The molecule has 0 aliphatic carbocycles. The van der Waals surface area contributed by atoms with Gasteiger partial charge < -0.3 is 10.2 Å². The lowest BCUT2D eigenvalue weighted by Crippen LogP contribution is -2.29. The molecule has 144 valence electrons. The van der Waals surface area contributed by atoms with E-state index in [1.165, 1.54) is 23.1 Å². The molecule has 0 bridgehead atoms. The molecule has 0 aromatic heterocycles. The zero-order chi connectivity index (χ0) is 20.5. The van der Waals surface area contributed by atoms with Gasteiger partial charge in [-0.1, -0.05) is 54.1 Å². The topological polar surface area (TPSA) is 77.8 Å². The van der Waals surface area contributed by atoms with Crippen molar-refractivity contribution in [3.63, 3.8) is 0 Å². The van der Waals surface area contributed by atoms with E-state index in [1.807, 2.05) is 0 Å². The average molecular weight is 406 g/mol. The normalized spacial score (nSPS) is 18.2. The number of halogens is 1. The third-order valence-electron chi connectivity index (χ3n) is 4.76. The molecule has 2 N–H and O–H groups in total. The van der Waals surface area contributed by atoms with Gasteiger partial charge in [-0.15, -0.1) is 0 Å². The summed E-state index contributed by atoms with van der Waals surface area (Å²) in [5.74, 6) is -1.89. The van der Waals surface area contributed by atoms with Crippen molar-refractivity contribution in [1.82, 2.24) is 0 Å². The second kappa shape index (κ2) is 7.45. The van der Waals surface area contributed by atoms with Gasteiger partial charge in [0.15, 0.2) is 0 Å². The van der Waals surface area contributed by atoms with E-state index in [0.29, 0.717) is 21.8 Å². The lowest BCUT2D eigenvalue weighted by atomic mass is 9.95. The van der Waals surface area contributed by atoms with Gasteiger partial charge in [0.1, 0.15) is 11.5 Å². The van der Waals surface area contributed by atoms with Crippen LogP contribution in [0, 0.1) is 0 Å². The molecule has 4 rings (SSSR count). The molecule has 29 heavy (non-hydrogen) atoms. The van der Waals surface area contributed by atoms with Gasteiger partial charge in [-0.25, -0.2) is 0 Å². The first-order valence-corrected chi connectivity index (χ1v) is 9.26. The second-order valence-electron chi connectivity index (χ2n) is 6.61. The third kappa shape index (κ3) is 3.37. The SMILES string of the molecule is O=C1C(=O)N(c2ccccc2)C(c2cccc(O)c2)/C1=C(/O)c1cccc(Cl)c1. The number of amides is 1. The summed E-state index contributed by atoms with van der Waals surface area (Å²) in [6, 6.07) is 20.5. The molecule has 0 radical (unpaired) electrons. The zero-order valence-electron chi connectivity index (χ0n) is 15.1. The minimum absolute atomic E-state index is 0.0103. The van der Waals surface area contributed by atoms with Gasteiger partial charge in [-0.3, -0.25) is 14.5 Å². The third-order valence-corrected chi connectivity index (χ3v) is 5.00. The summed E-state index contributed by atoms with van der Waals surface area (Å²) in [5, 5.41) is 21.3. The van der Waals surface area contributed by atoms with Crippen LogP contribution in [0.4, 0.5) is 5.69 Å². The molecule has 6 heteroatoms. The fourth-order valence-electron chi connectivity index (χ4n) is 3.49. The molecule has 1 amide bonds. The maximum absolute atomic E-state index is 13.0. The van der Waals surface area contributed by atoms with Gasteiger partial charge in [0, 0.05) is 16.3 Å². The smallest absolute Gasteiger partial charge is 0.300 e. The van der Waals surface area contributed by atoms with Gasteiger partial charge in [0.05, 0.1) is 11.6 Å². The average Bonchev–Trinajstić information content (AvgIpc) is 2.99. The monoisotopic (exact) mass is 405 g/mol. The first kappa shape index (κ1) is 18.8. The Labute approximate surface area is 172 Å². The summed E-state index contributed by atoms with van der Waals surface area (Å²) in [6.45, 7) is 0. The predicted molar refractivity (Wildman–Crippen MR) is 111 cm³/mol. The number of hydrogen-bond donors (Lipinski definition) is 2. The molecular weight excluding hydrogens is 390 g/mol. The highest BCUT2D eigenvalue weighted by Crippen LogP contribution is 2.42. The molecule has 5 nitrogen and oxygen atoms in total. The van der Waals surface area contributed by atoms with E-state index in [0.717, 1.165) is 0 Å². The van der Waals surface area contributed by atoms with E-state index in [9.17, 15) is 19.8 Å². The fourth-order valence-corrected chi connectivity index (χ4v) is 3.68. The van der Waals surface area contributed by atoms with Crippen LogP contribution in [0.5, 0.6) is 5.75 Å². The van der Waals surface area contributed by atoms with Crippen molar-refractivity contribution < 1.29 is 19.8 Å². The van der Waals surface area contributed by atoms with Crippen LogP contribution in [0.25, 0.3) is 5.76 Å². The van der Waals surface area contributed by atoms with Crippen molar-refractivity contribution in [3.05, 3.63) is 101 Å².